The van der Waals surface area contributed by atoms with Crippen LogP contribution in [-0.4, -0.2) is 23.0 Å². The maximum Gasteiger partial charge on any atom is 0.255 e. The number of nitrogens with zero attached hydrogens (tertiary/aromatic N) is 2. The highest BCUT2D eigenvalue weighted by molar-refractivity contribution is 6.04. The zero-order valence-corrected chi connectivity index (χ0v) is 18.1. The van der Waals surface area contributed by atoms with E-state index in [1.54, 1.807) is 37.6 Å². The lowest BCUT2D eigenvalue weighted by molar-refractivity contribution is 0.102. The number of carbonyl (C=O) groups excluding carboxylic acids is 1. The van der Waals surface area contributed by atoms with Gasteiger partial charge in [0.2, 0.25) is 5.88 Å². The van der Waals surface area contributed by atoms with Gasteiger partial charge < -0.3 is 14.8 Å². The van der Waals surface area contributed by atoms with Crippen LogP contribution in [0.2, 0.25) is 0 Å². The molecule has 0 saturated carbocycles. The summed E-state index contributed by atoms with van der Waals surface area (Å²) in [5.74, 6) is 1.97. The molecule has 0 saturated heterocycles. The molecule has 0 aliphatic heterocycles. The maximum absolute atomic E-state index is 12.8. The summed E-state index contributed by atoms with van der Waals surface area (Å²) in [7, 11) is 1.60. The zero-order chi connectivity index (χ0) is 22.5. The summed E-state index contributed by atoms with van der Waals surface area (Å²) in [6.07, 6.45) is 1.63. The monoisotopic (exact) mass is 425 g/mol. The number of hydrogen-bond donors (Lipinski definition) is 1. The van der Waals surface area contributed by atoms with Crippen LogP contribution in [-0.2, 0) is 0 Å². The van der Waals surface area contributed by atoms with Gasteiger partial charge in [0.05, 0.1) is 7.11 Å². The minimum atomic E-state index is -0.194. The number of anilines is 1. The largest absolute Gasteiger partial charge is 0.497 e. The van der Waals surface area contributed by atoms with Crippen molar-refractivity contribution in [3.05, 3.63) is 95.7 Å². The molecule has 1 amide bonds. The number of rotatable bonds is 6. The van der Waals surface area contributed by atoms with Crippen LogP contribution in [0.1, 0.15) is 21.5 Å². The van der Waals surface area contributed by atoms with Crippen LogP contribution in [0, 0.1) is 13.8 Å². The molecule has 1 aromatic heterocycles. The van der Waals surface area contributed by atoms with Gasteiger partial charge in [0.25, 0.3) is 5.91 Å². The molecule has 0 fully saturated rings. The molecular weight excluding hydrogens is 402 g/mol. The first-order valence-corrected chi connectivity index (χ1v) is 10.2. The Morgan fingerprint density at radius 3 is 2.41 bits per heavy atom. The van der Waals surface area contributed by atoms with E-state index < -0.39 is 0 Å². The summed E-state index contributed by atoms with van der Waals surface area (Å²) in [5, 5.41) is 2.96. The van der Waals surface area contributed by atoms with Gasteiger partial charge >= 0.3 is 0 Å². The molecule has 4 rings (SSSR count). The van der Waals surface area contributed by atoms with E-state index in [4.69, 9.17) is 9.47 Å². The zero-order valence-electron chi connectivity index (χ0n) is 18.1. The van der Waals surface area contributed by atoms with Crippen molar-refractivity contribution in [1.82, 2.24) is 9.97 Å². The second-order valence-corrected chi connectivity index (χ2v) is 7.41. The van der Waals surface area contributed by atoms with Crippen molar-refractivity contribution in [1.29, 1.82) is 0 Å². The van der Waals surface area contributed by atoms with E-state index in [1.165, 1.54) is 0 Å². The summed E-state index contributed by atoms with van der Waals surface area (Å²) in [5.41, 5.74) is 4.19. The second kappa shape index (κ2) is 9.31. The van der Waals surface area contributed by atoms with Gasteiger partial charge in [-0.25, -0.2) is 4.98 Å². The van der Waals surface area contributed by atoms with Crippen LogP contribution in [0.25, 0.3) is 11.4 Å². The molecule has 0 radical (unpaired) electrons. The highest BCUT2D eigenvalue weighted by atomic mass is 16.5. The summed E-state index contributed by atoms with van der Waals surface area (Å²) in [6, 6.07) is 22.1. The van der Waals surface area contributed by atoms with E-state index in [2.05, 4.69) is 21.4 Å². The molecule has 6 nitrogen and oxygen atoms in total. The van der Waals surface area contributed by atoms with E-state index >= 15 is 0 Å². The van der Waals surface area contributed by atoms with Gasteiger partial charge in [-0.1, -0.05) is 24.3 Å². The van der Waals surface area contributed by atoms with Gasteiger partial charge in [-0.3, -0.25) is 4.79 Å². The Morgan fingerprint density at radius 1 is 0.875 bits per heavy atom. The van der Waals surface area contributed by atoms with Crippen LogP contribution >= 0.6 is 0 Å². The maximum atomic E-state index is 12.8. The molecule has 3 aromatic carbocycles. The molecule has 0 unspecified atom stereocenters. The molecule has 0 aliphatic rings. The summed E-state index contributed by atoms with van der Waals surface area (Å²) in [4.78, 5) is 21.6. The topological polar surface area (TPSA) is 73.3 Å². The fourth-order valence-corrected chi connectivity index (χ4v) is 3.37. The lowest BCUT2D eigenvalue weighted by atomic mass is 10.1. The second-order valence-electron chi connectivity index (χ2n) is 7.41. The minimum Gasteiger partial charge on any atom is -0.497 e. The van der Waals surface area contributed by atoms with Crippen LogP contribution < -0.4 is 14.8 Å². The first-order valence-electron chi connectivity index (χ1n) is 10.2. The number of carbonyl (C=O) groups is 1. The summed E-state index contributed by atoms with van der Waals surface area (Å²) in [6.45, 7) is 4.00. The minimum absolute atomic E-state index is 0.194. The van der Waals surface area contributed by atoms with E-state index in [0.717, 1.165) is 16.8 Å². The lowest BCUT2D eigenvalue weighted by Crippen LogP contribution is -2.12. The predicted molar refractivity (Wildman–Crippen MR) is 124 cm³/mol. The van der Waals surface area contributed by atoms with Gasteiger partial charge in [-0.05, 0) is 61.4 Å². The SMILES string of the molecule is COc1cccc(Oc2ccnc(-c3cccc(C(=O)Nc4cc(C)cc(C)c4)c3)n2)c1. The lowest BCUT2D eigenvalue weighted by Gasteiger charge is -2.09. The highest BCUT2D eigenvalue weighted by Gasteiger charge is 2.11. The van der Waals surface area contributed by atoms with Gasteiger partial charge in [0.1, 0.15) is 11.5 Å². The Balaban J connectivity index is 1.55. The van der Waals surface area contributed by atoms with Gasteiger partial charge in [-0.2, -0.15) is 4.98 Å². The average molecular weight is 425 g/mol. The van der Waals surface area contributed by atoms with E-state index in [0.29, 0.717) is 34.3 Å². The van der Waals surface area contributed by atoms with Crippen LogP contribution in [0.4, 0.5) is 5.69 Å². The number of amides is 1. The number of nitrogens with one attached hydrogen (secondary N) is 1. The standard InChI is InChI=1S/C26H23N3O3/c1-17-12-18(2)14-21(13-17)28-26(30)20-7-4-6-19(15-20)25-27-11-10-24(29-25)32-23-9-5-8-22(16-23)31-3/h4-16H,1-3H3,(H,28,30). The van der Waals surface area contributed by atoms with Crippen molar-refractivity contribution < 1.29 is 14.3 Å². The number of methoxy groups -OCH3 is 1. The molecule has 6 heteroatoms. The quantitative estimate of drug-likeness (QED) is 0.422. The molecule has 0 aliphatic carbocycles. The van der Waals surface area contributed by atoms with Crippen molar-refractivity contribution in [3.63, 3.8) is 0 Å². The van der Waals surface area contributed by atoms with Crippen molar-refractivity contribution in [2.75, 3.05) is 12.4 Å². The fraction of sp³-hybridized carbons (Fsp3) is 0.115. The van der Waals surface area contributed by atoms with E-state index in [-0.39, 0.29) is 5.91 Å². The van der Waals surface area contributed by atoms with Crippen LogP contribution in [0.3, 0.4) is 0 Å². The Hall–Kier alpha value is -4.19. The normalized spacial score (nSPS) is 10.5. The Kier molecular flexibility index (Phi) is 6.12. The van der Waals surface area contributed by atoms with E-state index in [9.17, 15) is 4.79 Å². The highest BCUT2D eigenvalue weighted by Crippen LogP contribution is 2.26. The molecular formula is C26H23N3O3. The molecule has 1 heterocycles. The third kappa shape index (κ3) is 5.10. The predicted octanol–water partition coefficient (Wildman–Crippen LogP) is 5.81. The first kappa shape index (κ1) is 21.1. The average Bonchev–Trinajstić information content (AvgIpc) is 2.79. The van der Waals surface area contributed by atoms with Crippen molar-refractivity contribution in [3.8, 4) is 28.8 Å². The third-order valence-corrected chi connectivity index (χ3v) is 4.76. The molecule has 0 spiro atoms. The molecule has 160 valence electrons. The number of aryl methyl sites for hydroxylation is 2. The van der Waals surface area contributed by atoms with E-state index in [1.807, 2.05) is 56.3 Å². The molecule has 32 heavy (non-hydrogen) atoms. The van der Waals surface area contributed by atoms with Crippen molar-refractivity contribution in [2.24, 2.45) is 0 Å². The van der Waals surface area contributed by atoms with Crippen molar-refractivity contribution >= 4 is 11.6 Å². The van der Waals surface area contributed by atoms with Crippen LogP contribution in [0.5, 0.6) is 17.4 Å². The smallest absolute Gasteiger partial charge is 0.255 e. The molecule has 0 bridgehead atoms. The Bertz CT molecular complexity index is 1250. The molecule has 1 N–H and O–H groups in total. The summed E-state index contributed by atoms with van der Waals surface area (Å²) < 4.78 is 11.1. The number of aromatic nitrogens is 2. The Labute approximate surface area is 186 Å². The van der Waals surface area contributed by atoms with Gasteiger partial charge in [0, 0.05) is 35.1 Å². The molecule has 4 aromatic rings. The third-order valence-electron chi connectivity index (χ3n) is 4.76. The number of ether oxygens (including phenoxy) is 2. The first-order chi connectivity index (χ1) is 15.5. The number of hydrogen-bond acceptors (Lipinski definition) is 5. The fourth-order valence-electron chi connectivity index (χ4n) is 3.37. The Morgan fingerprint density at radius 2 is 1.62 bits per heavy atom. The summed E-state index contributed by atoms with van der Waals surface area (Å²) >= 11 is 0. The van der Waals surface area contributed by atoms with Gasteiger partial charge in [0.15, 0.2) is 5.82 Å². The number of benzene rings is 3. The van der Waals surface area contributed by atoms with Gasteiger partial charge in [-0.15, -0.1) is 0 Å². The van der Waals surface area contributed by atoms with Crippen molar-refractivity contribution in [2.45, 2.75) is 13.8 Å². The molecule has 0 atom stereocenters. The van der Waals surface area contributed by atoms with Crippen LogP contribution in [0.15, 0.2) is 79.0 Å².